The van der Waals surface area contributed by atoms with Crippen molar-refractivity contribution in [1.82, 2.24) is 4.98 Å². The first-order valence-electron chi connectivity index (χ1n) is 12.0. The van der Waals surface area contributed by atoms with Gasteiger partial charge in [0.15, 0.2) is 5.13 Å². The summed E-state index contributed by atoms with van der Waals surface area (Å²) >= 11 is 0.952. The van der Waals surface area contributed by atoms with Crippen molar-refractivity contribution in [1.29, 1.82) is 0 Å². The summed E-state index contributed by atoms with van der Waals surface area (Å²) in [5.41, 5.74) is 2.31. The van der Waals surface area contributed by atoms with Crippen molar-refractivity contribution in [3.63, 3.8) is 0 Å². The van der Waals surface area contributed by atoms with E-state index < -0.39 is 23.7 Å². The molecule has 4 rings (SSSR count). The second-order valence-corrected chi connectivity index (χ2v) is 10.00. The maximum Gasteiger partial charge on any atom is 0.350 e. The Morgan fingerprint density at radius 1 is 1.21 bits per heavy atom. The molecule has 1 aromatic heterocycles. The van der Waals surface area contributed by atoms with E-state index in [1.807, 2.05) is 24.3 Å². The van der Waals surface area contributed by atoms with Crippen molar-refractivity contribution >= 4 is 39.9 Å². The molecule has 2 heterocycles. The van der Waals surface area contributed by atoms with Gasteiger partial charge in [-0.1, -0.05) is 74.2 Å². The number of esters is 1. The highest BCUT2D eigenvalue weighted by molar-refractivity contribution is 7.17. The highest BCUT2D eigenvalue weighted by Crippen LogP contribution is 2.44. The Balaban J connectivity index is 1.89. The van der Waals surface area contributed by atoms with Crippen molar-refractivity contribution in [2.75, 3.05) is 18.6 Å². The van der Waals surface area contributed by atoms with Gasteiger partial charge in [-0.2, -0.15) is 0 Å². The first-order chi connectivity index (χ1) is 18.2. The number of rotatable bonds is 8. The Bertz CT molecular complexity index is 1440. The number of nitrogens with zero attached hydrogens (tertiary/aromatic N) is 2. The van der Waals surface area contributed by atoms with Crippen LogP contribution in [0.25, 0.3) is 5.76 Å². The van der Waals surface area contributed by atoms with Gasteiger partial charge in [-0.3, -0.25) is 14.5 Å². The minimum atomic E-state index is -0.968. The summed E-state index contributed by atoms with van der Waals surface area (Å²) in [6.45, 7) is 9.32. The fourth-order valence-electron chi connectivity index (χ4n) is 4.21. The van der Waals surface area contributed by atoms with Crippen molar-refractivity contribution in [3.05, 3.63) is 94.0 Å². The second kappa shape index (κ2) is 11.0. The molecule has 196 valence electrons. The molecule has 1 aliphatic rings. The third-order valence-electron chi connectivity index (χ3n) is 6.22. The van der Waals surface area contributed by atoms with E-state index in [1.54, 1.807) is 31.2 Å². The zero-order chi connectivity index (χ0) is 27.6. The van der Waals surface area contributed by atoms with Crippen LogP contribution in [0.15, 0.2) is 66.8 Å². The number of carbonyl (C=O) groups is 3. The van der Waals surface area contributed by atoms with Crippen LogP contribution < -0.4 is 9.64 Å². The normalized spacial score (nSPS) is 16.7. The van der Waals surface area contributed by atoms with Gasteiger partial charge in [-0.05, 0) is 36.1 Å². The lowest BCUT2D eigenvalue weighted by molar-refractivity contribution is -0.132. The molecule has 8 nitrogen and oxygen atoms in total. The SMILES string of the molecule is C=CCOC(=O)c1sc(N2C(=O)C(=O)C(=C(O)c3cccc(OC)c3)C2c2ccc(C(C)C)cc2)nc1C. The molecule has 9 heteroatoms. The van der Waals surface area contributed by atoms with E-state index in [4.69, 9.17) is 9.47 Å². The van der Waals surface area contributed by atoms with Crippen molar-refractivity contribution < 1.29 is 29.0 Å². The summed E-state index contributed by atoms with van der Waals surface area (Å²) in [6, 6.07) is 13.2. The van der Waals surface area contributed by atoms with E-state index in [0.29, 0.717) is 22.6 Å². The van der Waals surface area contributed by atoms with Gasteiger partial charge < -0.3 is 14.6 Å². The van der Waals surface area contributed by atoms with Crippen molar-refractivity contribution in [2.24, 2.45) is 0 Å². The Labute approximate surface area is 224 Å². The predicted octanol–water partition coefficient (Wildman–Crippen LogP) is 5.55. The standard InChI is InChI=1S/C29H28N2O6S/c1-6-14-37-28(35)26-17(4)30-29(38-26)31-23(19-12-10-18(11-13-19)16(2)3)22(25(33)27(31)34)24(32)20-8-7-9-21(15-20)36-5/h6-13,15-16,23,32H,1,14H2,2-5H3. The molecule has 1 unspecified atom stereocenters. The number of Topliss-reactive ketones (excluding diaryl/α,β-unsaturated/α-hetero) is 1. The molecule has 38 heavy (non-hydrogen) atoms. The molecule has 1 aliphatic heterocycles. The van der Waals surface area contributed by atoms with Gasteiger partial charge in [-0.25, -0.2) is 9.78 Å². The molecule has 0 spiro atoms. The van der Waals surface area contributed by atoms with Crippen LogP contribution in [0.5, 0.6) is 5.75 Å². The fourth-order valence-corrected chi connectivity index (χ4v) is 5.20. The van der Waals surface area contributed by atoms with Crippen LogP contribution in [0.1, 0.15) is 57.9 Å². The van der Waals surface area contributed by atoms with Crippen LogP contribution in [-0.4, -0.2) is 41.5 Å². The van der Waals surface area contributed by atoms with E-state index in [-0.39, 0.29) is 33.9 Å². The van der Waals surface area contributed by atoms with Gasteiger partial charge in [0.25, 0.3) is 5.78 Å². The number of aryl methyl sites for hydroxylation is 1. The number of hydrogen-bond donors (Lipinski definition) is 1. The maximum atomic E-state index is 13.4. The van der Waals surface area contributed by atoms with Gasteiger partial charge in [0, 0.05) is 5.56 Å². The molecule has 0 bridgehead atoms. The van der Waals surface area contributed by atoms with Crippen LogP contribution in [0.2, 0.25) is 0 Å². The first-order valence-corrected chi connectivity index (χ1v) is 12.8. The number of aliphatic hydroxyl groups is 1. The molecular formula is C29H28N2O6S. The summed E-state index contributed by atoms with van der Waals surface area (Å²) in [7, 11) is 1.50. The van der Waals surface area contributed by atoms with E-state index in [1.165, 1.54) is 18.1 Å². The lowest BCUT2D eigenvalue weighted by Crippen LogP contribution is -2.29. The van der Waals surface area contributed by atoms with Crippen molar-refractivity contribution in [2.45, 2.75) is 32.7 Å². The highest BCUT2D eigenvalue weighted by Gasteiger charge is 2.48. The molecule has 0 saturated carbocycles. The van der Waals surface area contributed by atoms with E-state index >= 15 is 0 Å². The number of anilines is 1. The quantitative estimate of drug-likeness (QED) is 0.133. The van der Waals surface area contributed by atoms with E-state index in [9.17, 15) is 19.5 Å². The Morgan fingerprint density at radius 2 is 1.92 bits per heavy atom. The number of benzene rings is 2. The van der Waals surface area contributed by atoms with E-state index in [2.05, 4.69) is 25.4 Å². The van der Waals surface area contributed by atoms with Crippen LogP contribution >= 0.6 is 11.3 Å². The number of ketones is 1. The number of thiazole rings is 1. The number of aliphatic hydroxyl groups excluding tert-OH is 1. The van der Waals surface area contributed by atoms with E-state index in [0.717, 1.165) is 16.9 Å². The van der Waals surface area contributed by atoms with Crippen LogP contribution in [0.3, 0.4) is 0 Å². The summed E-state index contributed by atoms with van der Waals surface area (Å²) in [6.07, 6.45) is 1.45. The summed E-state index contributed by atoms with van der Waals surface area (Å²) in [4.78, 5) is 45.3. The lowest BCUT2D eigenvalue weighted by Gasteiger charge is -2.23. The zero-order valence-corrected chi connectivity index (χ0v) is 22.4. The highest BCUT2D eigenvalue weighted by atomic mass is 32.1. The van der Waals surface area contributed by atoms with Crippen LogP contribution in [0.4, 0.5) is 5.13 Å². The summed E-state index contributed by atoms with van der Waals surface area (Å²) < 4.78 is 10.4. The predicted molar refractivity (Wildman–Crippen MR) is 146 cm³/mol. The Morgan fingerprint density at radius 3 is 2.55 bits per heavy atom. The largest absolute Gasteiger partial charge is 0.507 e. The molecule has 1 saturated heterocycles. The summed E-state index contributed by atoms with van der Waals surface area (Å²) in [5.74, 6) is -1.88. The average Bonchev–Trinajstić information content (AvgIpc) is 3.43. The van der Waals surface area contributed by atoms with Gasteiger partial charge >= 0.3 is 11.9 Å². The topological polar surface area (TPSA) is 106 Å². The minimum Gasteiger partial charge on any atom is -0.507 e. The smallest absolute Gasteiger partial charge is 0.350 e. The maximum absolute atomic E-state index is 13.4. The molecule has 2 aromatic carbocycles. The minimum absolute atomic E-state index is 0.0265. The third-order valence-corrected chi connectivity index (χ3v) is 7.35. The number of amides is 1. The van der Waals surface area contributed by atoms with Gasteiger partial charge in [0.1, 0.15) is 23.0 Å². The number of hydrogen-bond acceptors (Lipinski definition) is 8. The molecule has 1 fully saturated rings. The number of aromatic nitrogens is 1. The second-order valence-electron chi connectivity index (χ2n) is 9.02. The fraction of sp³-hybridized carbons (Fsp3) is 0.241. The molecule has 1 amide bonds. The Hall–Kier alpha value is -4.24. The third kappa shape index (κ3) is 4.97. The van der Waals surface area contributed by atoms with Gasteiger partial charge in [0.05, 0.1) is 24.4 Å². The Kier molecular flexibility index (Phi) is 7.78. The summed E-state index contributed by atoms with van der Waals surface area (Å²) in [5, 5.41) is 11.5. The molecule has 1 N–H and O–H groups in total. The van der Waals surface area contributed by atoms with Crippen LogP contribution in [0, 0.1) is 6.92 Å². The lowest BCUT2D eigenvalue weighted by atomic mass is 9.93. The molecular weight excluding hydrogens is 504 g/mol. The van der Waals surface area contributed by atoms with Crippen LogP contribution in [-0.2, 0) is 14.3 Å². The number of methoxy groups -OCH3 is 1. The monoisotopic (exact) mass is 532 g/mol. The molecule has 0 aliphatic carbocycles. The molecule has 0 radical (unpaired) electrons. The first kappa shape index (κ1) is 26.8. The number of carbonyl (C=O) groups excluding carboxylic acids is 3. The van der Waals surface area contributed by atoms with Crippen molar-refractivity contribution in [3.8, 4) is 5.75 Å². The van der Waals surface area contributed by atoms with Gasteiger partial charge in [-0.15, -0.1) is 0 Å². The van der Waals surface area contributed by atoms with Gasteiger partial charge in [0.2, 0.25) is 0 Å². The molecule has 3 aromatic rings. The zero-order valence-electron chi connectivity index (χ0n) is 21.6. The number of ether oxygens (including phenoxy) is 2. The molecule has 1 atom stereocenters. The average molecular weight is 533 g/mol.